The van der Waals surface area contributed by atoms with Gasteiger partial charge in [-0.15, -0.1) is 0 Å². The maximum atomic E-state index is 11.7. The van der Waals surface area contributed by atoms with Crippen LogP contribution in [0.4, 0.5) is 8.78 Å². The standard InChI is InChI=1S/C10H17F2NO/c1-3-4-5-6-10(14)13(2)8-7-9(11)12/h7H,3-6,8H2,1-2H3. The highest BCUT2D eigenvalue weighted by Crippen LogP contribution is 2.03. The zero-order chi connectivity index (χ0) is 11.0. The van der Waals surface area contributed by atoms with Crippen LogP contribution in [0.5, 0.6) is 0 Å². The van der Waals surface area contributed by atoms with E-state index >= 15 is 0 Å². The normalized spacial score (nSPS) is 9.71. The van der Waals surface area contributed by atoms with Gasteiger partial charge in [-0.25, -0.2) is 0 Å². The SMILES string of the molecule is CCCCCC(=O)N(C)CC=C(F)F. The van der Waals surface area contributed by atoms with Gasteiger partial charge in [0.1, 0.15) is 0 Å². The van der Waals surface area contributed by atoms with E-state index in [1.54, 1.807) is 0 Å². The Morgan fingerprint density at radius 2 is 2.00 bits per heavy atom. The third-order valence-corrected chi connectivity index (χ3v) is 1.94. The molecule has 0 unspecified atom stereocenters. The third kappa shape index (κ3) is 6.57. The summed E-state index contributed by atoms with van der Waals surface area (Å²) in [5.74, 6) is -0.0732. The minimum absolute atomic E-state index is 0.00666. The number of rotatable bonds is 6. The largest absolute Gasteiger partial charge is 0.342 e. The van der Waals surface area contributed by atoms with Gasteiger partial charge in [-0.2, -0.15) is 8.78 Å². The summed E-state index contributed by atoms with van der Waals surface area (Å²) in [5, 5.41) is 0. The van der Waals surface area contributed by atoms with E-state index in [1.807, 2.05) is 0 Å². The molecule has 2 nitrogen and oxygen atoms in total. The monoisotopic (exact) mass is 205 g/mol. The van der Waals surface area contributed by atoms with Crippen molar-refractivity contribution in [3.63, 3.8) is 0 Å². The second kappa shape index (κ2) is 7.47. The van der Waals surface area contributed by atoms with E-state index in [4.69, 9.17) is 0 Å². The minimum Gasteiger partial charge on any atom is -0.342 e. The lowest BCUT2D eigenvalue weighted by molar-refractivity contribution is -0.129. The lowest BCUT2D eigenvalue weighted by atomic mass is 10.2. The van der Waals surface area contributed by atoms with E-state index in [2.05, 4.69) is 6.92 Å². The first-order chi connectivity index (χ1) is 6.57. The Labute approximate surface area is 83.6 Å². The van der Waals surface area contributed by atoms with Crippen LogP contribution in [0.3, 0.4) is 0 Å². The summed E-state index contributed by atoms with van der Waals surface area (Å²) >= 11 is 0. The summed E-state index contributed by atoms with van der Waals surface area (Å²) in [7, 11) is 1.54. The van der Waals surface area contributed by atoms with Crippen molar-refractivity contribution < 1.29 is 13.6 Å². The zero-order valence-corrected chi connectivity index (χ0v) is 8.72. The second-order valence-corrected chi connectivity index (χ2v) is 3.23. The molecule has 0 saturated heterocycles. The van der Waals surface area contributed by atoms with Crippen molar-refractivity contribution >= 4 is 5.91 Å². The topological polar surface area (TPSA) is 20.3 Å². The maximum absolute atomic E-state index is 11.7. The molecule has 1 amide bonds. The molecule has 0 aliphatic carbocycles. The first-order valence-corrected chi connectivity index (χ1v) is 4.83. The Balaban J connectivity index is 3.71. The van der Waals surface area contributed by atoms with Crippen molar-refractivity contribution in [1.82, 2.24) is 4.90 Å². The van der Waals surface area contributed by atoms with E-state index in [9.17, 15) is 13.6 Å². The van der Waals surface area contributed by atoms with Gasteiger partial charge in [0.15, 0.2) is 0 Å². The van der Waals surface area contributed by atoms with Crippen LogP contribution in [0.25, 0.3) is 0 Å². The molecule has 0 rings (SSSR count). The lowest BCUT2D eigenvalue weighted by Crippen LogP contribution is -2.26. The first-order valence-electron chi connectivity index (χ1n) is 4.83. The molecule has 0 aliphatic rings. The van der Waals surface area contributed by atoms with Crippen LogP contribution in [0, 0.1) is 0 Å². The first kappa shape index (κ1) is 13.1. The Morgan fingerprint density at radius 1 is 1.36 bits per heavy atom. The van der Waals surface area contributed by atoms with Crippen LogP contribution < -0.4 is 0 Å². The van der Waals surface area contributed by atoms with Crippen LogP contribution in [0.2, 0.25) is 0 Å². The van der Waals surface area contributed by atoms with E-state index in [1.165, 1.54) is 11.9 Å². The van der Waals surface area contributed by atoms with Gasteiger partial charge in [-0.1, -0.05) is 19.8 Å². The average Bonchev–Trinajstić information content (AvgIpc) is 2.14. The van der Waals surface area contributed by atoms with E-state index in [0.29, 0.717) is 6.42 Å². The summed E-state index contributed by atoms with van der Waals surface area (Å²) < 4.78 is 23.4. The van der Waals surface area contributed by atoms with E-state index < -0.39 is 6.08 Å². The van der Waals surface area contributed by atoms with Crippen molar-refractivity contribution in [2.24, 2.45) is 0 Å². The number of carbonyl (C=O) groups excluding carboxylic acids is 1. The Bertz CT molecular complexity index is 200. The smallest absolute Gasteiger partial charge is 0.268 e. The molecular weight excluding hydrogens is 188 g/mol. The van der Waals surface area contributed by atoms with Gasteiger partial charge in [-0.3, -0.25) is 4.79 Å². The highest BCUT2D eigenvalue weighted by atomic mass is 19.3. The van der Waals surface area contributed by atoms with Crippen molar-refractivity contribution in [2.45, 2.75) is 32.6 Å². The molecule has 0 atom stereocenters. The molecule has 0 heterocycles. The molecule has 0 aromatic rings. The number of hydrogen-bond acceptors (Lipinski definition) is 1. The van der Waals surface area contributed by atoms with Gasteiger partial charge in [0, 0.05) is 26.1 Å². The second-order valence-electron chi connectivity index (χ2n) is 3.23. The number of amides is 1. The average molecular weight is 205 g/mol. The predicted molar refractivity (Wildman–Crippen MR) is 52.1 cm³/mol. The van der Waals surface area contributed by atoms with E-state index in [0.717, 1.165) is 25.3 Å². The van der Waals surface area contributed by atoms with Gasteiger partial charge >= 0.3 is 0 Å². The summed E-state index contributed by atoms with van der Waals surface area (Å²) in [6.45, 7) is 2.04. The third-order valence-electron chi connectivity index (χ3n) is 1.94. The van der Waals surface area contributed by atoms with Crippen LogP contribution in [0.15, 0.2) is 12.2 Å². The fourth-order valence-electron chi connectivity index (χ4n) is 1.02. The fourth-order valence-corrected chi connectivity index (χ4v) is 1.02. The Kier molecular flexibility index (Phi) is 6.98. The van der Waals surface area contributed by atoms with Crippen molar-refractivity contribution in [1.29, 1.82) is 0 Å². The number of unbranched alkanes of at least 4 members (excludes halogenated alkanes) is 2. The van der Waals surface area contributed by atoms with Crippen LogP contribution >= 0.6 is 0 Å². The van der Waals surface area contributed by atoms with Gasteiger partial charge in [0.05, 0.1) is 0 Å². The molecule has 0 fully saturated rings. The number of halogens is 2. The number of carbonyl (C=O) groups is 1. The van der Waals surface area contributed by atoms with Crippen molar-refractivity contribution in [3.05, 3.63) is 12.2 Å². The van der Waals surface area contributed by atoms with Crippen LogP contribution in [-0.4, -0.2) is 24.4 Å². The fraction of sp³-hybridized carbons (Fsp3) is 0.700. The maximum Gasteiger partial charge on any atom is 0.268 e. The Morgan fingerprint density at radius 3 is 2.50 bits per heavy atom. The van der Waals surface area contributed by atoms with Crippen molar-refractivity contribution in [3.8, 4) is 0 Å². The van der Waals surface area contributed by atoms with Gasteiger partial charge < -0.3 is 4.90 Å². The van der Waals surface area contributed by atoms with Gasteiger partial charge in [0.2, 0.25) is 5.91 Å². The molecule has 0 aliphatic heterocycles. The predicted octanol–water partition coefficient (Wildman–Crippen LogP) is 2.81. The van der Waals surface area contributed by atoms with Crippen LogP contribution in [-0.2, 0) is 4.79 Å². The number of nitrogens with zero attached hydrogens (tertiary/aromatic N) is 1. The zero-order valence-electron chi connectivity index (χ0n) is 8.72. The molecule has 4 heteroatoms. The van der Waals surface area contributed by atoms with Crippen molar-refractivity contribution in [2.75, 3.05) is 13.6 Å². The number of likely N-dealkylation sites (N-methyl/N-ethyl adjacent to an activating group) is 1. The summed E-state index contributed by atoms with van der Waals surface area (Å²) in [6, 6.07) is 0. The van der Waals surface area contributed by atoms with Gasteiger partial charge in [0.25, 0.3) is 6.08 Å². The lowest BCUT2D eigenvalue weighted by Gasteiger charge is -2.14. The molecular formula is C10H17F2NO. The highest BCUT2D eigenvalue weighted by molar-refractivity contribution is 5.75. The minimum atomic E-state index is -1.74. The summed E-state index contributed by atoms with van der Waals surface area (Å²) in [6.07, 6.45) is 2.35. The molecule has 0 radical (unpaired) electrons. The molecule has 0 saturated carbocycles. The molecule has 0 aromatic carbocycles. The summed E-state index contributed by atoms with van der Waals surface area (Å²) in [5.41, 5.74) is 0. The molecule has 82 valence electrons. The molecule has 0 aromatic heterocycles. The molecule has 14 heavy (non-hydrogen) atoms. The highest BCUT2D eigenvalue weighted by Gasteiger charge is 2.06. The molecule has 0 spiro atoms. The van der Waals surface area contributed by atoms with Gasteiger partial charge in [-0.05, 0) is 6.42 Å². The molecule has 0 N–H and O–H groups in total. The Hall–Kier alpha value is -0.930. The molecule has 0 bridgehead atoms. The number of hydrogen-bond donors (Lipinski definition) is 0. The van der Waals surface area contributed by atoms with E-state index in [-0.39, 0.29) is 12.5 Å². The van der Waals surface area contributed by atoms with Crippen LogP contribution in [0.1, 0.15) is 32.6 Å². The quantitative estimate of drug-likeness (QED) is 0.610. The summed E-state index contributed by atoms with van der Waals surface area (Å²) in [4.78, 5) is 12.6.